The third-order valence-electron chi connectivity index (χ3n) is 3.02. The van der Waals surface area contributed by atoms with E-state index in [4.69, 9.17) is 4.74 Å². The van der Waals surface area contributed by atoms with E-state index in [1.807, 2.05) is 7.05 Å². The molecule has 0 aromatic carbocycles. The fourth-order valence-electron chi connectivity index (χ4n) is 2.23. The lowest BCUT2D eigenvalue weighted by Crippen LogP contribution is -2.49. The second kappa shape index (κ2) is 3.97. The highest BCUT2D eigenvalue weighted by Gasteiger charge is 2.37. The van der Waals surface area contributed by atoms with E-state index in [1.54, 1.807) is 0 Å². The van der Waals surface area contributed by atoms with Crippen LogP contribution in [0.15, 0.2) is 0 Å². The maximum Gasteiger partial charge on any atom is 0.0759 e. The van der Waals surface area contributed by atoms with Gasteiger partial charge in [-0.15, -0.1) is 0 Å². The highest BCUT2D eigenvalue weighted by molar-refractivity contribution is 4.91. The van der Waals surface area contributed by atoms with Gasteiger partial charge in [0.1, 0.15) is 0 Å². The molecule has 1 rings (SSSR count). The van der Waals surface area contributed by atoms with Gasteiger partial charge in [0.25, 0.3) is 0 Å². The van der Waals surface area contributed by atoms with Gasteiger partial charge in [-0.25, -0.2) is 0 Å². The molecule has 0 aliphatic carbocycles. The molecule has 78 valence electrons. The summed E-state index contributed by atoms with van der Waals surface area (Å²) in [6.07, 6.45) is 1.60. The molecule has 0 amide bonds. The molecule has 1 N–H and O–H groups in total. The van der Waals surface area contributed by atoms with Gasteiger partial charge in [-0.05, 0) is 24.8 Å². The Labute approximate surface area is 82.0 Å². The molecule has 0 spiro atoms. The van der Waals surface area contributed by atoms with E-state index in [2.05, 4.69) is 33.0 Å². The Hall–Kier alpha value is -0.0800. The van der Waals surface area contributed by atoms with Gasteiger partial charge in [-0.1, -0.05) is 27.7 Å². The lowest BCUT2D eigenvalue weighted by molar-refractivity contribution is 0.0262. The Kier molecular flexibility index (Phi) is 3.36. The smallest absolute Gasteiger partial charge is 0.0759 e. The highest BCUT2D eigenvalue weighted by Crippen LogP contribution is 2.31. The Bertz CT molecular complexity index is 162. The van der Waals surface area contributed by atoms with Gasteiger partial charge >= 0.3 is 0 Å². The van der Waals surface area contributed by atoms with Gasteiger partial charge in [0.05, 0.1) is 6.10 Å². The monoisotopic (exact) mass is 185 g/mol. The van der Waals surface area contributed by atoms with Gasteiger partial charge in [0.2, 0.25) is 0 Å². The predicted octanol–water partition coefficient (Wildman–Crippen LogP) is 2.05. The average molecular weight is 185 g/mol. The first kappa shape index (κ1) is 11.0. The summed E-state index contributed by atoms with van der Waals surface area (Å²) in [5.41, 5.74) is 0.276. The van der Waals surface area contributed by atoms with Crippen LogP contribution in [0.3, 0.4) is 0 Å². The van der Waals surface area contributed by atoms with Crippen LogP contribution in [0, 0.1) is 11.3 Å². The molecule has 1 saturated heterocycles. The van der Waals surface area contributed by atoms with Crippen LogP contribution in [-0.4, -0.2) is 25.8 Å². The Morgan fingerprint density at radius 3 is 2.31 bits per heavy atom. The van der Waals surface area contributed by atoms with E-state index >= 15 is 0 Å². The van der Waals surface area contributed by atoms with E-state index in [-0.39, 0.29) is 5.41 Å². The number of nitrogens with one attached hydrogen (secondary N) is 1. The first-order valence-corrected chi connectivity index (χ1v) is 5.25. The summed E-state index contributed by atoms with van der Waals surface area (Å²) in [5.74, 6) is 0.691. The van der Waals surface area contributed by atoms with Crippen LogP contribution in [0.1, 0.15) is 34.1 Å². The van der Waals surface area contributed by atoms with Crippen LogP contribution >= 0.6 is 0 Å². The van der Waals surface area contributed by atoms with Crippen LogP contribution in [0.4, 0.5) is 0 Å². The van der Waals surface area contributed by atoms with Crippen molar-refractivity contribution in [3.05, 3.63) is 0 Å². The maximum atomic E-state index is 5.78. The van der Waals surface area contributed by atoms with Gasteiger partial charge in [0.15, 0.2) is 0 Å². The van der Waals surface area contributed by atoms with Crippen molar-refractivity contribution in [2.24, 2.45) is 11.3 Å². The molecule has 3 atom stereocenters. The quantitative estimate of drug-likeness (QED) is 0.711. The molecule has 0 bridgehead atoms. The number of hydrogen-bond acceptors (Lipinski definition) is 2. The van der Waals surface area contributed by atoms with Crippen LogP contribution in [0.25, 0.3) is 0 Å². The number of ether oxygens (including phenoxy) is 1. The van der Waals surface area contributed by atoms with E-state index < -0.39 is 0 Å². The standard InChI is InChI=1S/C11H23NO/c1-8-6-7-13-9(8)10(12-5)11(2,3)4/h8-10,12H,6-7H2,1-5H3. The molecule has 0 aromatic heterocycles. The second-order valence-corrected chi connectivity index (χ2v) is 5.23. The van der Waals surface area contributed by atoms with Crippen molar-refractivity contribution in [3.8, 4) is 0 Å². The zero-order chi connectivity index (χ0) is 10.1. The molecular weight excluding hydrogens is 162 g/mol. The molecule has 1 fully saturated rings. The van der Waals surface area contributed by atoms with Crippen molar-refractivity contribution in [1.29, 1.82) is 0 Å². The fourth-order valence-corrected chi connectivity index (χ4v) is 2.23. The Morgan fingerprint density at radius 2 is 2.00 bits per heavy atom. The van der Waals surface area contributed by atoms with E-state index in [0.29, 0.717) is 18.1 Å². The van der Waals surface area contributed by atoms with Crippen molar-refractivity contribution >= 4 is 0 Å². The summed E-state index contributed by atoms with van der Waals surface area (Å²) in [5, 5.41) is 3.39. The summed E-state index contributed by atoms with van der Waals surface area (Å²) in [6.45, 7) is 10.0. The van der Waals surface area contributed by atoms with Gasteiger partial charge in [-0.2, -0.15) is 0 Å². The largest absolute Gasteiger partial charge is 0.376 e. The lowest BCUT2D eigenvalue weighted by Gasteiger charge is -2.36. The van der Waals surface area contributed by atoms with E-state index in [9.17, 15) is 0 Å². The van der Waals surface area contributed by atoms with Crippen molar-refractivity contribution in [3.63, 3.8) is 0 Å². The summed E-state index contributed by atoms with van der Waals surface area (Å²) in [4.78, 5) is 0. The molecule has 0 aromatic rings. The molecule has 0 radical (unpaired) electrons. The predicted molar refractivity (Wildman–Crippen MR) is 55.8 cm³/mol. The van der Waals surface area contributed by atoms with Gasteiger partial charge in [0, 0.05) is 12.6 Å². The molecule has 13 heavy (non-hydrogen) atoms. The molecule has 3 unspecified atom stereocenters. The van der Waals surface area contributed by atoms with Crippen molar-refractivity contribution in [1.82, 2.24) is 5.32 Å². The summed E-state index contributed by atoms with van der Waals surface area (Å²) in [7, 11) is 2.03. The van der Waals surface area contributed by atoms with Crippen LogP contribution in [0.5, 0.6) is 0 Å². The molecule has 0 saturated carbocycles. The number of rotatable bonds is 2. The molecule has 1 aliphatic heterocycles. The van der Waals surface area contributed by atoms with Crippen LogP contribution in [-0.2, 0) is 4.74 Å². The molecule has 2 nitrogen and oxygen atoms in total. The fraction of sp³-hybridized carbons (Fsp3) is 1.00. The SMILES string of the molecule is CNC(C1OCCC1C)C(C)(C)C. The maximum absolute atomic E-state index is 5.78. The van der Waals surface area contributed by atoms with Crippen LogP contribution in [0.2, 0.25) is 0 Å². The minimum absolute atomic E-state index is 0.276. The van der Waals surface area contributed by atoms with Crippen molar-refractivity contribution < 1.29 is 4.74 Å². The van der Waals surface area contributed by atoms with E-state index in [1.165, 1.54) is 6.42 Å². The summed E-state index contributed by atoms with van der Waals surface area (Å²) in [6, 6.07) is 0.463. The molecular formula is C11H23NO. The topological polar surface area (TPSA) is 21.3 Å². The second-order valence-electron chi connectivity index (χ2n) is 5.23. The first-order chi connectivity index (χ1) is 5.96. The third-order valence-corrected chi connectivity index (χ3v) is 3.02. The third kappa shape index (κ3) is 2.44. The highest BCUT2D eigenvalue weighted by atomic mass is 16.5. The summed E-state index contributed by atoms with van der Waals surface area (Å²) < 4.78 is 5.78. The lowest BCUT2D eigenvalue weighted by atomic mass is 9.80. The van der Waals surface area contributed by atoms with Crippen molar-refractivity contribution in [2.75, 3.05) is 13.7 Å². The Morgan fingerprint density at radius 1 is 1.38 bits per heavy atom. The van der Waals surface area contributed by atoms with Crippen LogP contribution < -0.4 is 5.32 Å². The number of hydrogen-bond donors (Lipinski definition) is 1. The van der Waals surface area contributed by atoms with Gasteiger partial charge in [-0.3, -0.25) is 0 Å². The zero-order valence-electron chi connectivity index (χ0n) is 9.55. The molecule has 2 heteroatoms. The minimum Gasteiger partial charge on any atom is -0.376 e. The first-order valence-electron chi connectivity index (χ1n) is 5.25. The van der Waals surface area contributed by atoms with E-state index in [0.717, 1.165) is 6.61 Å². The average Bonchev–Trinajstić information content (AvgIpc) is 2.35. The molecule has 1 aliphatic rings. The Balaban J connectivity index is 2.66. The van der Waals surface area contributed by atoms with Crippen molar-refractivity contribution in [2.45, 2.75) is 46.3 Å². The van der Waals surface area contributed by atoms with Gasteiger partial charge < -0.3 is 10.1 Å². The normalized spacial score (nSPS) is 32.1. The minimum atomic E-state index is 0.276. The number of likely N-dealkylation sites (N-methyl/N-ethyl adjacent to an activating group) is 1. The molecule has 1 heterocycles. The summed E-state index contributed by atoms with van der Waals surface area (Å²) >= 11 is 0. The zero-order valence-corrected chi connectivity index (χ0v) is 9.55.